The van der Waals surface area contributed by atoms with Crippen LogP contribution in [0.4, 0.5) is 0 Å². The Morgan fingerprint density at radius 2 is 2.04 bits per heavy atom. The third-order valence-corrected chi connectivity index (χ3v) is 6.48. The van der Waals surface area contributed by atoms with Gasteiger partial charge >= 0.3 is 5.97 Å². The fourth-order valence-corrected chi connectivity index (χ4v) is 4.94. The highest BCUT2D eigenvalue weighted by Gasteiger charge is 2.40. The summed E-state index contributed by atoms with van der Waals surface area (Å²) in [6.07, 6.45) is 4.61. The van der Waals surface area contributed by atoms with Gasteiger partial charge in [-0.3, -0.25) is 9.59 Å². The highest BCUT2D eigenvalue weighted by atomic mass is 32.1. The summed E-state index contributed by atoms with van der Waals surface area (Å²) >= 11 is 1.81. The maximum Gasteiger partial charge on any atom is 0.309 e. The summed E-state index contributed by atoms with van der Waals surface area (Å²) in [5.74, 6) is -0.623. The van der Waals surface area contributed by atoms with Gasteiger partial charge in [-0.2, -0.15) is 0 Å². The monoisotopic (exact) mass is 365 g/mol. The van der Waals surface area contributed by atoms with Gasteiger partial charge in [0.1, 0.15) is 0 Å². The minimum Gasteiger partial charge on any atom is -0.481 e. The smallest absolute Gasteiger partial charge is 0.309 e. The fraction of sp³-hybridized carbons (Fsp3) is 0.684. The summed E-state index contributed by atoms with van der Waals surface area (Å²) in [6.45, 7) is 4.11. The molecule has 2 atom stereocenters. The van der Waals surface area contributed by atoms with Gasteiger partial charge in [-0.05, 0) is 57.1 Å². The van der Waals surface area contributed by atoms with Crippen molar-refractivity contribution < 1.29 is 19.4 Å². The zero-order chi connectivity index (χ0) is 17.8. The molecule has 1 unspecified atom stereocenters. The van der Waals surface area contributed by atoms with Crippen molar-refractivity contribution >= 4 is 23.2 Å². The summed E-state index contributed by atoms with van der Waals surface area (Å²) in [6, 6.07) is 4.28. The van der Waals surface area contributed by atoms with E-state index in [9.17, 15) is 14.7 Å². The Hall–Kier alpha value is -1.40. The predicted octanol–water partition coefficient (Wildman–Crippen LogP) is 3.11. The van der Waals surface area contributed by atoms with Crippen LogP contribution in [0, 0.1) is 18.8 Å². The fourth-order valence-electron chi connectivity index (χ4n) is 4.01. The quantitative estimate of drug-likeness (QED) is 0.841. The maximum atomic E-state index is 12.4. The van der Waals surface area contributed by atoms with E-state index < -0.39 is 5.97 Å². The van der Waals surface area contributed by atoms with Crippen LogP contribution in [-0.2, 0) is 20.7 Å². The minimum absolute atomic E-state index is 0.170. The van der Waals surface area contributed by atoms with E-state index in [0.29, 0.717) is 19.4 Å². The Morgan fingerprint density at radius 3 is 2.68 bits per heavy atom. The lowest BCUT2D eigenvalue weighted by atomic mass is 9.84. The Morgan fingerprint density at radius 1 is 1.28 bits per heavy atom. The molecule has 0 aromatic carbocycles. The predicted molar refractivity (Wildman–Crippen MR) is 96.8 cm³/mol. The maximum absolute atomic E-state index is 12.4. The molecule has 1 aromatic rings. The SMILES string of the molecule is Cc1ccc(CCCC(=O)N2CCC([C@@H]3OCCC3C(=O)O)CC2)s1. The summed E-state index contributed by atoms with van der Waals surface area (Å²) < 4.78 is 5.69. The van der Waals surface area contributed by atoms with E-state index in [-0.39, 0.29) is 23.8 Å². The largest absolute Gasteiger partial charge is 0.481 e. The molecule has 1 amide bonds. The molecule has 3 rings (SSSR count). The summed E-state index contributed by atoms with van der Waals surface area (Å²) in [5.41, 5.74) is 0. The number of aliphatic carboxylic acids is 1. The zero-order valence-electron chi connectivity index (χ0n) is 14.8. The molecule has 2 fully saturated rings. The van der Waals surface area contributed by atoms with E-state index in [2.05, 4.69) is 19.1 Å². The number of likely N-dealkylation sites (tertiary alicyclic amines) is 1. The average Bonchev–Trinajstić information content (AvgIpc) is 3.24. The minimum atomic E-state index is -0.746. The number of aryl methyl sites for hydroxylation is 2. The number of amides is 1. The van der Waals surface area contributed by atoms with Gasteiger partial charge in [-0.25, -0.2) is 0 Å². The highest BCUT2D eigenvalue weighted by Crippen LogP contribution is 2.33. The average molecular weight is 365 g/mol. The van der Waals surface area contributed by atoms with Crippen LogP contribution in [0.3, 0.4) is 0 Å². The number of thiophene rings is 1. The number of ether oxygens (including phenoxy) is 1. The number of carbonyl (C=O) groups is 2. The molecular weight excluding hydrogens is 338 g/mol. The Balaban J connectivity index is 1.41. The van der Waals surface area contributed by atoms with Crippen molar-refractivity contribution in [2.45, 2.75) is 51.6 Å². The molecule has 0 saturated carbocycles. The van der Waals surface area contributed by atoms with Gasteiger partial charge < -0.3 is 14.7 Å². The number of carboxylic acid groups (broad SMARTS) is 1. The number of carboxylic acids is 1. The molecule has 25 heavy (non-hydrogen) atoms. The molecule has 0 bridgehead atoms. The summed E-state index contributed by atoms with van der Waals surface area (Å²) in [4.78, 5) is 28.3. The van der Waals surface area contributed by atoms with Crippen molar-refractivity contribution in [3.63, 3.8) is 0 Å². The van der Waals surface area contributed by atoms with Crippen molar-refractivity contribution in [3.05, 3.63) is 21.9 Å². The van der Waals surface area contributed by atoms with E-state index in [1.54, 1.807) is 11.3 Å². The van der Waals surface area contributed by atoms with Crippen LogP contribution in [0.15, 0.2) is 12.1 Å². The second-order valence-electron chi connectivity index (χ2n) is 7.15. The third kappa shape index (κ3) is 4.61. The second kappa shape index (κ2) is 8.32. The molecule has 6 heteroatoms. The molecular formula is C19H27NO4S. The number of hydrogen-bond acceptors (Lipinski definition) is 4. The van der Waals surface area contributed by atoms with Gasteiger partial charge in [0.2, 0.25) is 5.91 Å². The number of carbonyl (C=O) groups excluding carboxylic acids is 1. The molecule has 1 aromatic heterocycles. The molecule has 0 spiro atoms. The normalized spacial score (nSPS) is 24.6. The molecule has 2 aliphatic heterocycles. The standard InChI is InChI=1S/C19H27NO4S/c1-13-5-6-15(25-13)3-2-4-17(21)20-10-7-14(8-11-20)18-16(19(22)23)9-12-24-18/h5-6,14,16,18H,2-4,7-12H2,1H3,(H,22,23)/t16?,18-/m0/s1. The molecule has 0 radical (unpaired) electrons. The first-order valence-electron chi connectivity index (χ1n) is 9.22. The Labute approximate surface area is 153 Å². The van der Waals surface area contributed by atoms with Crippen LogP contribution in [0.5, 0.6) is 0 Å². The number of nitrogens with zero attached hydrogens (tertiary/aromatic N) is 1. The van der Waals surface area contributed by atoms with E-state index in [1.807, 2.05) is 4.90 Å². The molecule has 2 saturated heterocycles. The van der Waals surface area contributed by atoms with Crippen LogP contribution in [0.25, 0.3) is 0 Å². The van der Waals surface area contributed by atoms with Crippen molar-refractivity contribution in [1.82, 2.24) is 4.90 Å². The first-order valence-corrected chi connectivity index (χ1v) is 10.0. The van der Waals surface area contributed by atoms with Gasteiger partial charge in [0, 0.05) is 35.9 Å². The van der Waals surface area contributed by atoms with Crippen LogP contribution in [-0.4, -0.2) is 47.7 Å². The molecule has 138 valence electrons. The zero-order valence-corrected chi connectivity index (χ0v) is 15.6. The third-order valence-electron chi connectivity index (χ3n) is 5.42. The second-order valence-corrected chi connectivity index (χ2v) is 8.53. The first-order chi connectivity index (χ1) is 12.0. The topological polar surface area (TPSA) is 66.8 Å². The lowest BCUT2D eigenvalue weighted by Crippen LogP contribution is -2.43. The molecule has 2 aliphatic rings. The van der Waals surface area contributed by atoms with Crippen LogP contribution >= 0.6 is 11.3 Å². The van der Waals surface area contributed by atoms with Gasteiger partial charge in [0.15, 0.2) is 0 Å². The van der Waals surface area contributed by atoms with Crippen molar-refractivity contribution in [3.8, 4) is 0 Å². The van der Waals surface area contributed by atoms with Crippen molar-refractivity contribution in [2.24, 2.45) is 11.8 Å². The first kappa shape index (κ1) is 18.4. The van der Waals surface area contributed by atoms with E-state index in [4.69, 9.17) is 4.74 Å². The summed E-state index contributed by atoms with van der Waals surface area (Å²) in [7, 11) is 0. The lowest BCUT2D eigenvalue weighted by molar-refractivity contribution is -0.146. The van der Waals surface area contributed by atoms with Crippen molar-refractivity contribution in [1.29, 1.82) is 0 Å². The van der Waals surface area contributed by atoms with E-state index in [0.717, 1.165) is 38.8 Å². The van der Waals surface area contributed by atoms with Gasteiger partial charge in [0.05, 0.1) is 12.0 Å². The number of rotatable bonds is 6. The summed E-state index contributed by atoms with van der Waals surface area (Å²) in [5, 5.41) is 9.30. The molecule has 5 nitrogen and oxygen atoms in total. The van der Waals surface area contributed by atoms with Gasteiger partial charge in [-0.15, -0.1) is 11.3 Å². The van der Waals surface area contributed by atoms with Crippen molar-refractivity contribution in [2.75, 3.05) is 19.7 Å². The van der Waals surface area contributed by atoms with E-state index >= 15 is 0 Å². The lowest BCUT2D eigenvalue weighted by Gasteiger charge is -2.35. The highest BCUT2D eigenvalue weighted by molar-refractivity contribution is 7.11. The van der Waals surface area contributed by atoms with Crippen LogP contribution in [0.1, 0.15) is 41.9 Å². The molecule has 0 aliphatic carbocycles. The van der Waals surface area contributed by atoms with Crippen LogP contribution in [0.2, 0.25) is 0 Å². The Kier molecular flexibility index (Phi) is 6.12. The van der Waals surface area contributed by atoms with Gasteiger partial charge in [0.25, 0.3) is 0 Å². The Bertz CT molecular complexity index is 606. The number of hydrogen-bond donors (Lipinski definition) is 1. The van der Waals surface area contributed by atoms with Gasteiger partial charge in [-0.1, -0.05) is 0 Å². The van der Waals surface area contributed by atoms with Crippen LogP contribution < -0.4 is 0 Å². The number of piperidine rings is 1. The molecule has 1 N–H and O–H groups in total. The van der Waals surface area contributed by atoms with E-state index in [1.165, 1.54) is 9.75 Å². The molecule has 3 heterocycles.